The molecule has 10 nitrogen and oxygen atoms in total. The number of aromatic nitrogens is 7. The molecule has 5 aromatic carbocycles. The molecule has 0 bridgehead atoms. The van der Waals surface area contributed by atoms with Crippen LogP contribution in [0, 0.1) is 53.3 Å². The number of amides is 2. The summed E-state index contributed by atoms with van der Waals surface area (Å²) < 4.78 is 0. The lowest BCUT2D eigenvalue weighted by Gasteiger charge is -2.18. The fraction of sp³-hybridized carbons (Fsp3) is 0.480. The molecule has 2 aliphatic rings. The third-order valence-electron chi connectivity index (χ3n) is 9.61. The molecule has 2 amide bonds. The predicted molar refractivity (Wildman–Crippen MR) is 509 cm³/mol. The number of nitrogens with zero attached hydrogens (tertiary/aromatic N) is 8. The topological polar surface area (TPSA) is 128 Å². The van der Waals surface area contributed by atoms with Crippen LogP contribution in [0.15, 0.2) is 275 Å². The van der Waals surface area contributed by atoms with E-state index in [-0.39, 0.29) is 29.7 Å². The SMILES string of the molecule is CC.CC.CC.CC.CC.CC.CC.CC.CC(C)C.CC(C)C.CC(C)C.CC(C)C.CC(C)C.CC(C)C.CC(C)C.CC(C)N1C(=O)C2C=CC=CC2C1=O.c1ccc2ccccc2c1.c1ccc2cnccc2c1.c1ccc2ncccc2c1.c1ccccc1.c1ccncc1.c1cnccn1.c1cncnc1. The summed E-state index contributed by atoms with van der Waals surface area (Å²) in [5, 5.41) is 6.27. The fourth-order valence-electron chi connectivity index (χ4n) is 6.40. The van der Waals surface area contributed by atoms with E-state index in [1.54, 1.807) is 55.6 Å². The zero-order chi connectivity index (χ0) is 88.7. The summed E-state index contributed by atoms with van der Waals surface area (Å²) in [7, 11) is 0. The second-order valence-corrected chi connectivity index (χ2v) is 26.8. The number of benzene rings is 5. The minimum atomic E-state index is -0.255. The molecule has 0 radical (unpaired) electrons. The molecule has 10 aromatic rings. The Balaban J connectivity index is -0.000000109. The van der Waals surface area contributed by atoms with Crippen LogP contribution in [0.25, 0.3) is 32.4 Å². The normalized spacial score (nSPS) is 10.9. The first-order valence-electron chi connectivity index (χ1n) is 42.1. The minimum Gasteiger partial charge on any atom is -0.279 e. The Kier molecular flexibility index (Phi) is 118. The average molecular weight is 1540 g/mol. The maximum atomic E-state index is 11.8. The first kappa shape index (κ1) is 127. The highest BCUT2D eigenvalue weighted by Gasteiger charge is 2.46. The molecule has 2 atom stereocenters. The van der Waals surface area contributed by atoms with Crippen LogP contribution in [0.3, 0.4) is 0 Å². The van der Waals surface area contributed by atoms with Gasteiger partial charge in [0.05, 0.1) is 17.4 Å². The van der Waals surface area contributed by atoms with Crippen molar-refractivity contribution in [3.05, 3.63) is 275 Å². The monoisotopic (exact) mass is 1540 g/mol. The molecule has 6 heterocycles. The number of pyridine rings is 3. The fourth-order valence-corrected chi connectivity index (χ4v) is 6.40. The summed E-state index contributed by atoms with van der Waals surface area (Å²) in [6.45, 7) is 81.2. The largest absolute Gasteiger partial charge is 0.279 e. The Morgan fingerprint density at radius 3 is 0.723 bits per heavy atom. The number of likely N-dealkylation sites (tertiary alicyclic amines) is 1. The number of rotatable bonds is 1. The Morgan fingerprint density at radius 1 is 0.241 bits per heavy atom. The van der Waals surface area contributed by atoms with Crippen molar-refractivity contribution in [1.82, 2.24) is 39.8 Å². The summed E-state index contributed by atoms with van der Waals surface area (Å²) in [4.78, 5) is 51.8. The molecule has 10 heteroatoms. The Bertz CT molecular complexity index is 2630. The van der Waals surface area contributed by atoms with Crippen molar-refractivity contribution in [2.75, 3.05) is 0 Å². The van der Waals surface area contributed by atoms with Crippen LogP contribution in [0.1, 0.15) is 270 Å². The summed E-state index contributed by atoms with van der Waals surface area (Å²) in [5.74, 6) is 5.20. The number of hydrogen-bond donors (Lipinski definition) is 0. The molecule has 1 fully saturated rings. The van der Waals surface area contributed by atoms with E-state index < -0.39 is 0 Å². The summed E-state index contributed by atoms with van der Waals surface area (Å²) >= 11 is 0. The molecular weight excluding hydrogens is 1370 g/mol. The lowest BCUT2D eigenvalue weighted by atomic mass is 9.91. The van der Waals surface area contributed by atoms with E-state index >= 15 is 0 Å². The van der Waals surface area contributed by atoms with Crippen LogP contribution in [-0.4, -0.2) is 57.6 Å². The van der Waals surface area contributed by atoms with Gasteiger partial charge in [-0.2, -0.15) is 0 Å². The lowest BCUT2D eigenvalue weighted by Crippen LogP contribution is -2.36. The van der Waals surface area contributed by atoms with Crippen LogP contribution >= 0.6 is 0 Å². The maximum absolute atomic E-state index is 11.8. The molecule has 112 heavy (non-hydrogen) atoms. The van der Waals surface area contributed by atoms with Crippen molar-refractivity contribution in [2.24, 2.45) is 53.3 Å². The van der Waals surface area contributed by atoms with E-state index in [0.717, 1.165) is 46.9 Å². The summed E-state index contributed by atoms with van der Waals surface area (Å²) in [6.07, 6.45) is 27.7. The van der Waals surface area contributed by atoms with Gasteiger partial charge >= 0.3 is 0 Å². The number of allylic oxidation sites excluding steroid dienone is 2. The number of para-hydroxylation sites is 1. The van der Waals surface area contributed by atoms with Gasteiger partial charge in [-0.15, -0.1) is 0 Å². The Morgan fingerprint density at radius 2 is 0.491 bits per heavy atom. The number of carbonyl (C=O) groups excluding carboxylic acids is 2. The van der Waals surface area contributed by atoms with Gasteiger partial charge in [0.1, 0.15) is 6.33 Å². The quantitative estimate of drug-likeness (QED) is 0.148. The van der Waals surface area contributed by atoms with Crippen molar-refractivity contribution < 1.29 is 9.59 Å². The lowest BCUT2D eigenvalue weighted by molar-refractivity contribution is -0.141. The van der Waals surface area contributed by atoms with Gasteiger partial charge in [0.15, 0.2) is 0 Å². The second kappa shape index (κ2) is 104. The summed E-state index contributed by atoms with van der Waals surface area (Å²) in [5.41, 5.74) is 1.06. The van der Waals surface area contributed by atoms with Crippen LogP contribution in [0.5, 0.6) is 0 Å². The third kappa shape index (κ3) is 101. The highest BCUT2D eigenvalue weighted by Crippen LogP contribution is 2.32. The van der Waals surface area contributed by atoms with Gasteiger partial charge in [-0.3, -0.25) is 39.4 Å². The molecule has 2 unspecified atom stereocenters. The van der Waals surface area contributed by atoms with Crippen LogP contribution < -0.4 is 0 Å². The second-order valence-electron chi connectivity index (χ2n) is 26.8. The van der Waals surface area contributed by atoms with Crippen molar-refractivity contribution >= 4 is 44.3 Å². The van der Waals surface area contributed by atoms with E-state index in [2.05, 4.69) is 253 Å². The minimum absolute atomic E-state index is 0.0394. The molecule has 12 rings (SSSR count). The maximum Gasteiger partial charge on any atom is 0.237 e. The van der Waals surface area contributed by atoms with Crippen LogP contribution in [-0.2, 0) is 9.59 Å². The van der Waals surface area contributed by atoms with Crippen LogP contribution in [0.4, 0.5) is 0 Å². The van der Waals surface area contributed by atoms with Crippen molar-refractivity contribution in [3.63, 3.8) is 0 Å². The Labute approximate surface area is 693 Å². The molecule has 1 aliphatic carbocycles. The first-order valence-corrected chi connectivity index (χ1v) is 42.1. The zero-order valence-corrected chi connectivity index (χ0v) is 79.1. The molecule has 632 valence electrons. The van der Waals surface area contributed by atoms with Crippen molar-refractivity contribution in [1.29, 1.82) is 0 Å². The van der Waals surface area contributed by atoms with Gasteiger partial charge in [0.2, 0.25) is 11.8 Å². The van der Waals surface area contributed by atoms with Gasteiger partial charge in [0, 0.05) is 79.6 Å². The third-order valence-corrected chi connectivity index (χ3v) is 9.61. The number of carbonyl (C=O) groups is 2. The van der Waals surface area contributed by atoms with E-state index in [4.69, 9.17) is 0 Å². The standard InChI is InChI=1S/C11H13NO2.C10H8.2C9H7N.C6H6.C5H5N.2C4H4N2.7C4H10.8C2H6/c1-7(2)12-10(13)8-5-3-4-6-9(8)11(12)14;1-2-6-10-8-4-3-7-9(10)5-1;1-2-6-9-8(4-1)5-3-7-10-9;1-2-4-9-7-10-6-5-8(9)3-1;2*1-2-4-6-5-3-1;1-2-6-4-3-5-1;1-2-5-4-6-3-1;7*1-4(2)3;8*1-2/h3-9H,1-2H3;1-8H;2*1-7H;1-6H;1-5H;2*1-4H;7*4H,1-3H3;8*1-2H3. The molecule has 5 aromatic heterocycles. The highest BCUT2D eigenvalue weighted by atomic mass is 16.2. The smallest absolute Gasteiger partial charge is 0.237 e. The molecule has 0 N–H and O–H groups in total. The van der Waals surface area contributed by atoms with E-state index in [1.807, 2.05) is 265 Å². The Hall–Kier alpha value is -8.89. The van der Waals surface area contributed by atoms with Crippen molar-refractivity contribution in [3.8, 4) is 0 Å². The van der Waals surface area contributed by atoms with E-state index in [1.165, 1.54) is 38.2 Å². The van der Waals surface area contributed by atoms with Gasteiger partial charge in [0.25, 0.3) is 0 Å². The summed E-state index contributed by atoms with van der Waals surface area (Å²) in [6, 6.07) is 58.4. The number of imide groups is 1. The molecule has 1 saturated heterocycles. The van der Waals surface area contributed by atoms with Crippen molar-refractivity contribution in [2.45, 2.75) is 276 Å². The van der Waals surface area contributed by atoms with Crippen LogP contribution in [0.2, 0.25) is 0 Å². The molecule has 1 aliphatic heterocycles. The molecule has 0 spiro atoms. The van der Waals surface area contributed by atoms with E-state index in [9.17, 15) is 9.59 Å². The van der Waals surface area contributed by atoms with Gasteiger partial charge in [-0.1, -0.05) is 420 Å². The zero-order valence-electron chi connectivity index (χ0n) is 79.1. The predicted octanol–water partition coefficient (Wildman–Crippen LogP) is 32.0. The van der Waals surface area contributed by atoms with Gasteiger partial charge in [-0.05, 0) is 113 Å². The first-order chi connectivity index (χ1) is 53.6. The number of hydrogen-bond acceptors (Lipinski definition) is 9. The molecule has 0 saturated carbocycles. The van der Waals surface area contributed by atoms with Gasteiger partial charge in [-0.25, -0.2) is 9.97 Å². The van der Waals surface area contributed by atoms with Gasteiger partial charge < -0.3 is 0 Å². The number of fused-ring (bicyclic) bond motifs is 4. The highest BCUT2D eigenvalue weighted by molar-refractivity contribution is 6.07. The average Bonchev–Trinajstić information content (AvgIpc) is 1.63. The molecular formula is C102H172N8O2. The van der Waals surface area contributed by atoms with E-state index in [0.29, 0.717) is 0 Å².